The molecule has 5 aromatic heterocycles. The number of methoxy groups -OCH3 is 4. The van der Waals surface area contributed by atoms with Crippen LogP contribution in [-0.4, -0.2) is 85.7 Å². The van der Waals surface area contributed by atoms with E-state index in [1.807, 2.05) is 6.07 Å². The quantitative estimate of drug-likeness (QED) is 0.145. The topological polar surface area (TPSA) is 140 Å². The Kier molecular flexibility index (Phi) is 11.1. The van der Waals surface area contributed by atoms with Crippen molar-refractivity contribution >= 4 is 50.7 Å². The molecule has 3 N–H and O–H groups in total. The first-order valence-corrected chi connectivity index (χ1v) is 16.4. The van der Waals surface area contributed by atoms with Gasteiger partial charge in [-0.1, -0.05) is 0 Å². The molecule has 11 nitrogen and oxygen atoms in total. The maximum absolute atomic E-state index is 13.6. The van der Waals surface area contributed by atoms with Gasteiger partial charge in [0.25, 0.3) is 5.91 Å². The number of fused-ring (bicyclic) bond motifs is 10. The predicted molar refractivity (Wildman–Crippen MR) is 191 cm³/mol. The second-order valence-electron chi connectivity index (χ2n) is 11.9. The number of rotatable bonds is 13. The van der Waals surface area contributed by atoms with Crippen molar-refractivity contribution in [3.8, 4) is 0 Å². The van der Waals surface area contributed by atoms with E-state index in [4.69, 9.17) is 28.9 Å². The van der Waals surface area contributed by atoms with E-state index >= 15 is 0 Å². The second kappa shape index (κ2) is 16.0. The molecule has 0 fully saturated rings. The number of nitrogens with one attached hydrogen (secondary N) is 3. The Labute approximate surface area is 284 Å². The summed E-state index contributed by atoms with van der Waals surface area (Å²) in [6.45, 7) is 2.17. The van der Waals surface area contributed by atoms with Gasteiger partial charge in [0.2, 0.25) is 0 Å². The van der Waals surface area contributed by atoms with Gasteiger partial charge in [-0.25, -0.2) is 9.98 Å². The Morgan fingerprint density at radius 2 is 1.33 bits per heavy atom. The fourth-order valence-electron chi connectivity index (χ4n) is 6.00. The summed E-state index contributed by atoms with van der Waals surface area (Å²) < 4.78 is 21.9. The van der Waals surface area contributed by atoms with Gasteiger partial charge in [-0.2, -0.15) is 0 Å². The number of ether oxygens (including phenoxy) is 4. The van der Waals surface area contributed by atoms with Crippen LogP contribution in [0, 0.1) is 0 Å². The maximum Gasteiger partial charge on any atom is 0.279 e. The van der Waals surface area contributed by atoms with Crippen LogP contribution < -0.4 is 5.36 Å². The number of hydrogen-bond donors (Lipinski definition) is 3. The summed E-state index contributed by atoms with van der Waals surface area (Å²) in [4.78, 5) is 38.4. The Morgan fingerprint density at radius 1 is 0.694 bits per heavy atom. The van der Waals surface area contributed by atoms with Crippen LogP contribution in [0.2, 0.25) is 0 Å². The third-order valence-corrected chi connectivity index (χ3v) is 8.59. The first kappa shape index (κ1) is 33.9. The SMILES string of the molecule is COCCC1=Cc2nc1ccc1[nH]c(cc1CCOC)c1cc(CCOC)c([nH]1)c(=NC(=O)c1cccnc1)cc1[nH]c2cc1CCOC. The van der Waals surface area contributed by atoms with Gasteiger partial charge in [-0.15, -0.1) is 0 Å². The smallest absolute Gasteiger partial charge is 0.279 e. The highest BCUT2D eigenvalue weighted by molar-refractivity contribution is 5.95. The van der Waals surface area contributed by atoms with Crippen LogP contribution in [0.5, 0.6) is 0 Å². The number of carbonyl (C=O) groups excluding carboxylic acids is 1. The minimum Gasteiger partial charge on any atom is -0.384 e. The number of hydrogen-bond acceptors (Lipinski definition) is 7. The highest BCUT2D eigenvalue weighted by Crippen LogP contribution is 2.28. The lowest BCUT2D eigenvalue weighted by molar-refractivity contribution is 0.0998. The lowest BCUT2D eigenvalue weighted by Crippen LogP contribution is -2.09. The van der Waals surface area contributed by atoms with E-state index in [1.54, 1.807) is 46.8 Å². The average molecular weight is 663 g/mol. The number of H-pyrrole nitrogens is 3. The molecule has 0 aromatic carbocycles. The summed E-state index contributed by atoms with van der Waals surface area (Å²) in [6, 6.07) is 15.9. The van der Waals surface area contributed by atoms with Crippen molar-refractivity contribution in [2.75, 3.05) is 54.9 Å². The molecular weight excluding hydrogens is 620 g/mol. The minimum absolute atomic E-state index is 0.396. The van der Waals surface area contributed by atoms with Gasteiger partial charge in [-0.3, -0.25) is 9.78 Å². The molecule has 0 atom stereocenters. The van der Waals surface area contributed by atoms with Crippen molar-refractivity contribution in [2.45, 2.75) is 25.7 Å². The van der Waals surface area contributed by atoms with Crippen molar-refractivity contribution in [3.63, 3.8) is 0 Å². The van der Waals surface area contributed by atoms with Crippen LogP contribution in [0.15, 0.2) is 65.9 Å². The fourth-order valence-corrected chi connectivity index (χ4v) is 6.00. The summed E-state index contributed by atoms with van der Waals surface area (Å²) >= 11 is 0. The van der Waals surface area contributed by atoms with E-state index in [0.717, 1.165) is 73.2 Å². The summed E-state index contributed by atoms with van der Waals surface area (Å²) in [6.07, 6.45) is 7.97. The van der Waals surface area contributed by atoms with Gasteiger partial charge in [-0.05, 0) is 103 Å². The molecule has 49 heavy (non-hydrogen) atoms. The van der Waals surface area contributed by atoms with Crippen LogP contribution in [0.25, 0.3) is 44.7 Å². The van der Waals surface area contributed by atoms with E-state index in [1.165, 1.54) is 6.20 Å². The molecule has 1 aliphatic rings. The van der Waals surface area contributed by atoms with Gasteiger partial charge in [0.1, 0.15) is 0 Å². The number of carbonyl (C=O) groups is 1. The molecule has 0 spiro atoms. The summed E-state index contributed by atoms with van der Waals surface area (Å²) in [5.41, 5.74) is 11.4. The predicted octanol–water partition coefficient (Wildman–Crippen LogP) is 5.81. The highest BCUT2D eigenvalue weighted by Gasteiger charge is 2.15. The number of aromatic amines is 3. The van der Waals surface area contributed by atoms with Crippen molar-refractivity contribution in [1.29, 1.82) is 0 Å². The molecular formula is C38H42N6O5. The van der Waals surface area contributed by atoms with Crippen LogP contribution in [0.4, 0.5) is 0 Å². The van der Waals surface area contributed by atoms with E-state index < -0.39 is 5.91 Å². The van der Waals surface area contributed by atoms with Gasteiger partial charge < -0.3 is 33.9 Å². The zero-order valence-corrected chi connectivity index (χ0v) is 28.4. The Bertz CT molecular complexity index is 2160. The molecule has 0 saturated heterocycles. The molecule has 6 rings (SSSR count). The number of pyridine rings is 1. The van der Waals surface area contributed by atoms with Crippen LogP contribution >= 0.6 is 0 Å². The molecule has 0 unspecified atom stereocenters. The lowest BCUT2D eigenvalue weighted by atomic mass is 10.1. The van der Waals surface area contributed by atoms with Gasteiger partial charge >= 0.3 is 0 Å². The van der Waals surface area contributed by atoms with E-state index in [2.05, 4.69) is 56.3 Å². The highest BCUT2D eigenvalue weighted by atomic mass is 16.5. The Balaban J connectivity index is 1.74. The van der Waals surface area contributed by atoms with Crippen molar-refractivity contribution in [1.82, 2.24) is 24.9 Å². The standard InChI is InChI=1S/C38H42N6O5/c1-46-14-9-24-18-32-33-20-26(11-16-48-3)31(42-33)22-36(44-38(45)28-6-5-13-39-23-28)37-27(12-17-49-4)21-35(43-37)34-19-25(10-15-47-2)30(41-34)8-7-29(24)40-32/h5-8,13,18-23,41-43H,9-12,14-17H2,1-4H3. The third kappa shape index (κ3) is 7.87. The minimum atomic E-state index is -0.396. The number of amides is 1. The van der Waals surface area contributed by atoms with E-state index in [-0.39, 0.29) is 0 Å². The molecule has 0 radical (unpaired) electrons. The van der Waals surface area contributed by atoms with Crippen molar-refractivity contribution in [3.05, 3.63) is 99.9 Å². The molecule has 11 heteroatoms. The van der Waals surface area contributed by atoms with Crippen LogP contribution in [0.1, 0.15) is 44.9 Å². The number of aromatic nitrogens is 5. The zero-order chi connectivity index (χ0) is 34.2. The molecule has 0 saturated carbocycles. The molecule has 6 heterocycles. The van der Waals surface area contributed by atoms with E-state index in [9.17, 15) is 4.79 Å². The van der Waals surface area contributed by atoms with Crippen LogP contribution in [-0.2, 0) is 38.2 Å². The molecule has 1 amide bonds. The largest absolute Gasteiger partial charge is 0.384 e. The maximum atomic E-state index is 13.6. The summed E-state index contributed by atoms with van der Waals surface area (Å²) in [5.74, 6) is -0.396. The zero-order valence-electron chi connectivity index (χ0n) is 28.4. The first-order chi connectivity index (χ1) is 24.0. The first-order valence-electron chi connectivity index (χ1n) is 16.4. The third-order valence-electron chi connectivity index (χ3n) is 8.59. The summed E-state index contributed by atoms with van der Waals surface area (Å²) in [7, 11) is 6.78. The van der Waals surface area contributed by atoms with Gasteiger partial charge in [0.05, 0.1) is 70.8 Å². The normalized spacial score (nSPS) is 12.6. The fraction of sp³-hybridized carbons (Fsp3) is 0.316. The monoisotopic (exact) mass is 662 g/mol. The lowest BCUT2D eigenvalue weighted by Gasteiger charge is -2.00. The van der Waals surface area contributed by atoms with Gasteiger partial charge in [0.15, 0.2) is 0 Å². The molecule has 8 bridgehead atoms. The Hall–Kier alpha value is -4.94. The van der Waals surface area contributed by atoms with Gasteiger partial charge in [0, 0.05) is 51.9 Å². The molecule has 254 valence electrons. The second-order valence-corrected chi connectivity index (χ2v) is 11.9. The average Bonchev–Trinajstić information content (AvgIpc) is 3.91. The molecule has 0 aliphatic carbocycles. The van der Waals surface area contributed by atoms with Crippen molar-refractivity contribution in [2.24, 2.45) is 4.99 Å². The molecule has 1 aliphatic heterocycles. The Morgan fingerprint density at radius 3 is 2.04 bits per heavy atom. The van der Waals surface area contributed by atoms with E-state index in [0.29, 0.717) is 56.6 Å². The summed E-state index contributed by atoms with van der Waals surface area (Å²) in [5, 5.41) is 0.480. The molecule has 5 aromatic rings. The van der Waals surface area contributed by atoms with Crippen molar-refractivity contribution < 1.29 is 23.7 Å². The number of nitrogens with zero attached hydrogens (tertiary/aromatic N) is 3. The van der Waals surface area contributed by atoms with Crippen LogP contribution in [0.3, 0.4) is 0 Å².